The molecule has 1 aromatic heterocycles. The minimum atomic E-state index is -0.161. The first-order valence-electron chi connectivity index (χ1n) is 6.40. The van der Waals surface area contributed by atoms with Crippen molar-refractivity contribution in [1.82, 2.24) is 15.3 Å². The molecule has 0 saturated carbocycles. The molecule has 0 aliphatic rings. The van der Waals surface area contributed by atoms with Crippen LogP contribution in [0.4, 0.5) is 0 Å². The van der Waals surface area contributed by atoms with Gasteiger partial charge in [0.2, 0.25) is 0 Å². The number of amides is 1. The van der Waals surface area contributed by atoms with Crippen molar-refractivity contribution < 1.29 is 9.53 Å². The number of imidazole rings is 1. The van der Waals surface area contributed by atoms with Crippen LogP contribution >= 0.6 is 0 Å². The molecule has 0 saturated heterocycles. The normalized spacial score (nSPS) is 10.3. The Hall–Kier alpha value is -2.34. The van der Waals surface area contributed by atoms with E-state index in [0.29, 0.717) is 31.0 Å². The summed E-state index contributed by atoms with van der Waals surface area (Å²) in [5, 5.41) is 2.82. The minimum absolute atomic E-state index is 0.161. The maximum atomic E-state index is 12.0. The number of carbonyl (C=O) groups excluding carboxylic acids is 1. The fourth-order valence-electron chi connectivity index (χ4n) is 1.74. The van der Waals surface area contributed by atoms with Crippen LogP contribution in [-0.4, -0.2) is 29.0 Å². The van der Waals surface area contributed by atoms with Gasteiger partial charge >= 0.3 is 0 Å². The Balaban J connectivity index is 1.96. The van der Waals surface area contributed by atoms with E-state index in [2.05, 4.69) is 15.3 Å². The molecule has 2 aromatic rings. The summed E-state index contributed by atoms with van der Waals surface area (Å²) in [6, 6.07) is 7.01. The number of hydrogen-bond acceptors (Lipinski definition) is 4. The molecule has 2 rings (SSSR count). The van der Waals surface area contributed by atoms with Gasteiger partial charge in [-0.05, 0) is 25.1 Å². The molecule has 0 bridgehead atoms. The average molecular weight is 274 g/mol. The molecule has 6 heteroatoms. The topological polar surface area (TPSA) is 93.0 Å². The predicted octanol–water partition coefficient (Wildman–Crippen LogP) is 0.986. The molecule has 0 aliphatic carbocycles. The lowest BCUT2D eigenvalue weighted by molar-refractivity contribution is 0.0950. The standard InChI is InChI=1S/C14H18N4O2/c1-10-13(18-9-17-10)8-16-14(19)11-3-2-4-12(7-11)20-6-5-15/h2-4,7,9H,5-6,8,15H2,1H3,(H,16,19)(H,17,18). The Kier molecular flexibility index (Phi) is 4.73. The van der Waals surface area contributed by atoms with E-state index in [1.807, 2.05) is 6.92 Å². The number of hydrogen-bond donors (Lipinski definition) is 3. The van der Waals surface area contributed by atoms with Gasteiger partial charge in [-0.1, -0.05) is 6.07 Å². The van der Waals surface area contributed by atoms with Crippen LogP contribution in [0.1, 0.15) is 21.7 Å². The van der Waals surface area contributed by atoms with Crippen LogP contribution in [-0.2, 0) is 6.54 Å². The Morgan fingerprint density at radius 2 is 2.35 bits per heavy atom. The minimum Gasteiger partial charge on any atom is -0.492 e. The molecule has 1 amide bonds. The summed E-state index contributed by atoms with van der Waals surface area (Å²) in [7, 11) is 0. The Labute approximate surface area is 117 Å². The van der Waals surface area contributed by atoms with Crippen molar-refractivity contribution in [2.45, 2.75) is 13.5 Å². The highest BCUT2D eigenvalue weighted by atomic mass is 16.5. The summed E-state index contributed by atoms with van der Waals surface area (Å²) in [6.45, 7) is 3.17. The molecular weight excluding hydrogens is 256 g/mol. The Bertz CT molecular complexity index is 580. The van der Waals surface area contributed by atoms with Gasteiger partial charge in [0.1, 0.15) is 12.4 Å². The summed E-state index contributed by atoms with van der Waals surface area (Å²) >= 11 is 0. The van der Waals surface area contributed by atoms with Crippen LogP contribution in [0.3, 0.4) is 0 Å². The van der Waals surface area contributed by atoms with Gasteiger partial charge in [-0.2, -0.15) is 0 Å². The number of aromatic nitrogens is 2. The van der Waals surface area contributed by atoms with E-state index < -0.39 is 0 Å². The molecule has 0 spiro atoms. The highest BCUT2D eigenvalue weighted by Gasteiger charge is 2.08. The predicted molar refractivity (Wildman–Crippen MR) is 75.5 cm³/mol. The van der Waals surface area contributed by atoms with Gasteiger partial charge in [0.15, 0.2) is 0 Å². The third-order valence-electron chi connectivity index (χ3n) is 2.83. The molecule has 0 fully saturated rings. The highest BCUT2D eigenvalue weighted by Crippen LogP contribution is 2.13. The van der Waals surface area contributed by atoms with Crippen LogP contribution in [0.5, 0.6) is 5.75 Å². The number of carbonyl (C=O) groups is 1. The van der Waals surface area contributed by atoms with E-state index in [1.54, 1.807) is 30.6 Å². The Morgan fingerprint density at radius 1 is 1.50 bits per heavy atom. The number of nitrogens with one attached hydrogen (secondary N) is 2. The first-order valence-corrected chi connectivity index (χ1v) is 6.40. The number of nitrogens with two attached hydrogens (primary N) is 1. The molecule has 0 aliphatic heterocycles. The SMILES string of the molecule is Cc1[nH]cnc1CNC(=O)c1cccc(OCCN)c1. The van der Waals surface area contributed by atoms with Crippen molar-refractivity contribution in [3.05, 3.63) is 47.5 Å². The van der Waals surface area contributed by atoms with E-state index in [1.165, 1.54) is 0 Å². The summed E-state index contributed by atoms with van der Waals surface area (Å²) in [4.78, 5) is 19.1. The third-order valence-corrected chi connectivity index (χ3v) is 2.83. The second-order valence-electron chi connectivity index (χ2n) is 4.32. The van der Waals surface area contributed by atoms with Gasteiger partial charge in [-0.15, -0.1) is 0 Å². The average Bonchev–Trinajstić information content (AvgIpc) is 2.88. The van der Waals surface area contributed by atoms with Crippen LogP contribution in [0.2, 0.25) is 0 Å². The van der Waals surface area contributed by atoms with Crippen LogP contribution < -0.4 is 15.8 Å². The first kappa shape index (κ1) is 14.1. The van der Waals surface area contributed by atoms with Crippen molar-refractivity contribution >= 4 is 5.91 Å². The fraction of sp³-hybridized carbons (Fsp3) is 0.286. The molecule has 4 N–H and O–H groups in total. The third kappa shape index (κ3) is 3.58. The second kappa shape index (κ2) is 6.72. The summed E-state index contributed by atoms with van der Waals surface area (Å²) in [5.41, 5.74) is 7.70. The molecule has 106 valence electrons. The van der Waals surface area contributed by atoms with Gasteiger partial charge in [-0.25, -0.2) is 4.98 Å². The smallest absolute Gasteiger partial charge is 0.251 e. The highest BCUT2D eigenvalue weighted by molar-refractivity contribution is 5.94. The van der Waals surface area contributed by atoms with Crippen molar-refractivity contribution in [3.8, 4) is 5.75 Å². The summed E-state index contributed by atoms with van der Waals surface area (Å²) in [6.07, 6.45) is 1.61. The van der Waals surface area contributed by atoms with Gasteiger partial charge in [0.05, 0.1) is 18.6 Å². The number of benzene rings is 1. The molecule has 1 aromatic carbocycles. The lowest BCUT2D eigenvalue weighted by atomic mass is 10.2. The van der Waals surface area contributed by atoms with Gasteiger partial charge in [0, 0.05) is 17.8 Å². The van der Waals surface area contributed by atoms with Crippen LogP contribution in [0.25, 0.3) is 0 Å². The second-order valence-corrected chi connectivity index (χ2v) is 4.32. The van der Waals surface area contributed by atoms with Gasteiger partial charge < -0.3 is 20.8 Å². The van der Waals surface area contributed by atoms with Crippen LogP contribution in [0.15, 0.2) is 30.6 Å². The molecule has 0 radical (unpaired) electrons. The number of nitrogens with zero attached hydrogens (tertiary/aromatic N) is 1. The quantitative estimate of drug-likeness (QED) is 0.732. The molecular formula is C14H18N4O2. The maximum absolute atomic E-state index is 12.0. The molecule has 0 atom stereocenters. The van der Waals surface area contributed by atoms with E-state index in [4.69, 9.17) is 10.5 Å². The van der Waals surface area contributed by atoms with Gasteiger partial charge in [0.25, 0.3) is 5.91 Å². The van der Waals surface area contributed by atoms with Crippen LogP contribution in [0, 0.1) is 6.92 Å². The zero-order chi connectivity index (χ0) is 14.4. The zero-order valence-electron chi connectivity index (χ0n) is 11.3. The number of rotatable bonds is 6. The molecule has 6 nitrogen and oxygen atoms in total. The summed E-state index contributed by atoms with van der Waals surface area (Å²) < 4.78 is 5.39. The Morgan fingerprint density at radius 3 is 3.05 bits per heavy atom. The van der Waals surface area contributed by atoms with E-state index in [-0.39, 0.29) is 5.91 Å². The summed E-state index contributed by atoms with van der Waals surface area (Å²) in [5.74, 6) is 0.477. The zero-order valence-corrected chi connectivity index (χ0v) is 11.3. The lowest BCUT2D eigenvalue weighted by Gasteiger charge is -2.07. The van der Waals surface area contributed by atoms with Crippen molar-refractivity contribution in [2.24, 2.45) is 5.73 Å². The van der Waals surface area contributed by atoms with E-state index in [0.717, 1.165) is 11.4 Å². The number of aromatic amines is 1. The maximum Gasteiger partial charge on any atom is 0.251 e. The van der Waals surface area contributed by atoms with Gasteiger partial charge in [-0.3, -0.25) is 4.79 Å². The number of aryl methyl sites for hydroxylation is 1. The first-order chi connectivity index (χ1) is 9.70. The fourth-order valence-corrected chi connectivity index (χ4v) is 1.74. The van der Waals surface area contributed by atoms with Crippen molar-refractivity contribution in [3.63, 3.8) is 0 Å². The molecule has 0 unspecified atom stereocenters. The van der Waals surface area contributed by atoms with E-state index in [9.17, 15) is 4.79 Å². The van der Waals surface area contributed by atoms with Crippen molar-refractivity contribution in [1.29, 1.82) is 0 Å². The molecule has 20 heavy (non-hydrogen) atoms. The largest absolute Gasteiger partial charge is 0.492 e. The number of ether oxygens (including phenoxy) is 1. The van der Waals surface area contributed by atoms with E-state index >= 15 is 0 Å². The molecule has 1 heterocycles. The lowest BCUT2D eigenvalue weighted by Crippen LogP contribution is -2.23. The van der Waals surface area contributed by atoms with Crippen molar-refractivity contribution in [2.75, 3.05) is 13.2 Å². The monoisotopic (exact) mass is 274 g/mol. The number of H-pyrrole nitrogens is 1.